The number of rotatable bonds is 3. The van der Waals surface area contributed by atoms with Gasteiger partial charge in [-0.25, -0.2) is 4.99 Å². The van der Waals surface area contributed by atoms with Gasteiger partial charge in [-0.05, 0) is 25.5 Å². The van der Waals surface area contributed by atoms with Gasteiger partial charge in [0.15, 0.2) is 0 Å². The molecule has 0 aromatic heterocycles. The Bertz CT molecular complexity index is 243. The lowest BCUT2D eigenvalue weighted by atomic mass is 10.2. The van der Waals surface area contributed by atoms with Gasteiger partial charge in [-0.1, -0.05) is 0 Å². The summed E-state index contributed by atoms with van der Waals surface area (Å²) in [6.07, 6.45) is -5.34. The van der Waals surface area contributed by atoms with Gasteiger partial charge in [0.1, 0.15) is 11.9 Å². The van der Waals surface area contributed by atoms with Crippen molar-refractivity contribution in [1.29, 1.82) is 0 Å². The van der Waals surface area contributed by atoms with E-state index in [9.17, 15) is 13.2 Å². The molecule has 0 rings (SSSR count). The van der Waals surface area contributed by atoms with Crippen LogP contribution in [-0.2, 0) is 0 Å². The second-order valence-corrected chi connectivity index (χ2v) is 2.79. The van der Waals surface area contributed by atoms with Crippen LogP contribution in [0, 0.1) is 0 Å². The number of hydrogen-bond acceptors (Lipinski definition) is 3. The first kappa shape index (κ1) is 13.1. The second kappa shape index (κ2) is 5.11. The van der Waals surface area contributed by atoms with Gasteiger partial charge in [0.05, 0.1) is 6.61 Å². The van der Waals surface area contributed by atoms with E-state index in [1.807, 2.05) is 0 Å². The summed E-state index contributed by atoms with van der Waals surface area (Å²) in [5.74, 6) is 0. The maximum atomic E-state index is 12.2. The molecular formula is C8H12F3NO2. The Balaban J connectivity index is 4.95. The molecule has 6 heteroatoms. The summed E-state index contributed by atoms with van der Waals surface area (Å²) in [4.78, 5) is 3.00. The number of hydrogen-bond donors (Lipinski definition) is 2. The summed E-state index contributed by atoms with van der Waals surface area (Å²) in [6.45, 7) is 1.98. The van der Waals surface area contributed by atoms with Crippen LogP contribution in [0.4, 0.5) is 13.2 Å². The average Bonchev–Trinajstić information content (AvgIpc) is 2.00. The van der Waals surface area contributed by atoms with Crippen molar-refractivity contribution < 1.29 is 23.4 Å². The molecule has 0 fully saturated rings. The summed E-state index contributed by atoms with van der Waals surface area (Å²) < 4.78 is 36.6. The number of aliphatic hydroxyl groups excluding tert-OH is 2. The highest BCUT2D eigenvalue weighted by Crippen LogP contribution is 2.19. The normalized spacial score (nSPS) is 17.1. The number of allylic oxidation sites excluding steroid dienone is 1. The summed E-state index contributed by atoms with van der Waals surface area (Å²) in [5.41, 5.74) is -1.07. The molecule has 0 aliphatic rings. The second-order valence-electron chi connectivity index (χ2n) is 2.79. The van der Waals surface area contributed by atoms with Crippen molar-refractivity contribution in [3.63, 3.8) is 0 Å². The Kier molecular flexibility index (Phi) is 4.79. The van der Waals surface area contributed by atoms with Crippen LogP contribution in [0.25, 0.3) is 0 Å². The van der Waals surface area contributed by atoms with Gasteiger partial charge in [0, 0.05) is 0 Å². The third-order valence-electron chi connectivity index (χ3n) is 1.25. The standard InChI is InChI=1S/C8H12F3NO2/c1-5(4-13)3-7(8(9,10)11)12-6(2)14/h3,6,13-14H,4H2,1-2H3/b5-3+,12-7+. The van der Waals surface area contributed by atoms with E-state index in [0.29, 0.717) is 6.08 Å². The topological polar surface area (TPSA) is 52.8 Å². The van der Waals surface area contributed by atoms with Crippen molar-refractivity contribution in [2.75, 3.05) is 6.61 Å². The third kappa shape index (κ3) is 4.98. The zero-order chi connectivity index (χ0) is 11.4. The Morgan fingerprint density at radius 2 is 2.00 bits per heavy atom. The largest absolute Gasteiger partial charge is 0.433 e. The molecule has 0 saturated carbocycles. The van der Waals surface area contributed by atoms with E-state index < -0.39 is 24.7 Å². The van der Waals surface area contributed by atoms with Gasteiger partial charge in [-0.2, -0.15) is 13.2 Å². The molecule has 14 heavy (non-hydrogen) atoms. The lowest BCUT2D eigenvalue weighted by Gasteiger charge is -2.08. The average molecular weight is 211 g/mol. The molecule has 0 bridgehead atoms. The number of aliphatic hydroxyl groups is 2. The molecular weight excluding hydrogens is 199 g/mol. The van der Waals surface area contributed by atoms with Crippen LogP contribution < -0.4 is 0 Å². The monoisotopic (exact) mass is 211 g/mol. The number of aliphatic imine (C=N–C) groups is 1. The molecule has 0 spiro atoms. The fourth-order valence-electron chi connectivity index (χ4n) is 0.673. The molecule has 0 saturated heterocycles. The van der Waals surface area contributed by atoms with Crippen LogP contribution in [0.3, 0.4) is 0 Å². The van der Waals surface area contributed by atoms with Gasteiger partial charge < -0.3 is 10.2 Å². The van der Waals surface area contributed by atoms with Crippen molar-refractivity contribution >= 4 is 5.71 Å². The Labute approximate surface area is 79.6 Å². The molecule has 0 amide bonds. The highest BCUT2D eigenvalue weighted by Gasteiger charge is 2.34. The summed E-state index contributed by atoms with van der Waals surface area (Å²) in [7, 11) is 0. The quantitative estimate of drug-likeness (QED) is 0.690. The van der Waals surface area contributed by atoms with E-state index in [0.717, 1.165) is 6.92 Å². The number of nitrogens with zero attached hydrogens (tertiary/aromatic N) is 1. The SMILES string of the molecule is C/C(=C\C(=N/C(C)O)C(F)(F)F)CO. The Hall–Kier alpha value is -0.880. The lowest BCUT2D eigenvalue weighted by Crippen LogP contribution is -2.23. The molecule has 0 radical (unpaired) electrons. The molecule has 1 atom stereocenters. The molecule has 0 heterocycles. The van der Waals surface area contributed by atoms with Crippen molar-refractivity contribution in [1.82, 2.24) is 0 Å². The van der Waals surface area contributed by atoms with Gasteiger partial charge in [-0.15, -0.1) is 0 Å². The molecule has 0 aromatic carbocycles. The van der Waals surface area contributed by atoms with Gasteiger partial charge in [0.25, 0.3) is 0 Å². The predicted octanol–water partition coefficient (Wildman–Crippen LogP) is 1.27. The fourth-order valence-corrected chi connectivity index (χ4v) is 0.673. The first-order chi connectivity index (χ1) is 6.27. The van der Waals surface area contributed by atoms with E-state index in [2.05, 4.69) is 4.99 Å². The molecule has 1 unspecified atom stereocenters. The van der Waals surface area contributed by atoms with Crippen LogP contribution in [0.2, 0.25) is 0 Å². The van der Waals surface area contributed by atoms with Crippen LogP contribution in [0.15, 0.2) is 16.6 Å². The maximum Gasteiger partial charge on any atom is 0.433 e. The smallest absolute Gasteiger partial charge is 0.392 e. The van der Waals surface area contributed by atoms with E-state index in [-0.39, 0.29) is 5.57 Å². The zero-order valence-electron chi connectivity index (χ0n) is 7.84. The van der Waals surface area contributed by atoms with Gasteiger partial charge in [0.2, 0.25) is 0 Å². The van der Waals surface area contributed by atoms with E-state index in [1.54, 1.807) is 0 Å². The minimum atomic E-state index is -4.62. The minimum absolute atomic E-state index is 0.127. The molecule has 82 valence electrons. The molecule has 2 N–H and O–H groups in total. The Morgan fingerprint density at radius 1 is 1.50 bits per heavy atom. The number of halogens is 3. The van der Waals surface area contributed by atoms with E-state index in [1.165, 1.54) is 6.92 Å². The van der Waals surface area contributed by atoms with Crippen molar-refractivity contribution in [3.8, 4) is 0 Å². The first-order valence-corrected chi connectivity index (χ1v) is 3.88. The van der Waals surface area contributed by atoms with Crippen molar-refractivity contribution in [2.45, 2.75) is 26.3 Å². The molecule has 0 aliphatic carbocycles. The van der Waals surface area contributed by atoms with Crippen LogP contribution in [0.1, 0.15) is 13.8 Å². The minimum Gasteiger partial charge on any atom is -0.392 e. The number of alkyl halides is 3. The van der Waals surface area contributed by atoms with Crippen molar-refractivity contribution in [2.24, 2.45) is 4.99 Å². The first-order valence-electron chi connectivity index (χ1n) is 3.88. The highest BCUT2D eigenvalue weighted by molar-refractivity contribution is 6.00. The van der Waals surface area contributed by atoms with Crippen LogP contribution in [0.5, 0.6) is 0 Å². The highest BCUT2D eigenvalue weighted by atomic mass is 19.4. The van der Waals surface area contributed by atoms with E-state index in [4.69, 9.17) is 10.2 Å². The van der Waals surface area contributed by atoms with Crippen LogP contribution >= 0.6 is 0 Å². The maximum absolute atomic E-state index is 12.2. The van der Waals surface area contributed by atoms with E-state index >= 15 is 0 Å². The lowest BCUT2D eigenvalue weighted by molar-refractivity contribution is -0.0587. The third-order valence-corrected chi connectivity index (χ3v) is 1.25. The predicted molar refractivity (Wildman–Crippen MR) is 46.0 cm³/mol. The van der Waals surface area contributed by atoms with Crippen molar-refractivity contribution in [3.05, 3.63) is 11.6 Å². The molecule has 0 aromatic rings. The van der Waals surface area contributed by atoms with Crippen LogP contribution in [-0.4, -0.2) is 34.9 Å². The molecule has 0 aliphatic heterocycles. The zero-order valence-corrected chi connectivity index (χ0v) is 7.84. The summed E-state index contributed by atoms with van der Waals surface area (Å²) >= 11 is 0. The summed E-state index contributed by atoms with van der Waals surface area (Å²) in [5, 5.41) is 17.2. The van der Waals surface area contributed by atoms with Gasteiger partial charge >= 0.3 is 6.18 Å². The van der Waals surface area contributed by atoms with Gasteiger partial charge in [-0.3, -0.25) is 0 Å². The molecule has 3 nitrogen and oxygen atoms in total. The Morgan fingerprint density at radius 3 is 2.29 bits per heavy atom. The summed E-state index contributed by atoms with van der Waals surface area (Å²) in [6, 6.07) is 0. The fraction of sp³-hybridized carbons (Fsp3) is 0.625.